The third kappa shape index (κ3) is 9.44. The van der Waals surface area contributed by atoms with Gasteiger partial charge in [-0.05, 0) is 59.5 Å². The molecule has 0 fully saturated rings. The Bertz CT molecular complexity index is 308. The standard InChI is InChI=1S/C17H27IO/c18-17-13-11-16(12-14-17)10-8-6-4-2-1-3-5-7-9-15-19/h11-14,19H,1-10,15H2. The third-order valence-electron chi connectivity index (χ3n) is 3.54. The van der Waals surface area contributed by atoms with Crippen LogP contribution in [0.15, 0.2) is 24.3 Å². The molecule has 0 atom stereocenters. The maximum absolute atomic E-state index is 8.67. The van der Waals surface area contributed by atoms with Gasteiger partial charge in [0, 0.05) is 10.2 Å². The van der Waals surface area contributed by atoms with Gasteiger partial charge in [-0.25, -0.2) is 0 Å². The maximum atomic E-state index is 8.67. The molecule has 0 amide bonds. The first-order valence-corrected chi connectivity index (χ1v) is 8.76. The predicted octanol–water partition coefficient (Wildman–Crippen LogP) is 5.34. The van der Waals surface area contributed by atoms with Crippen LogP contribution in [0.3, 0.4) is 0 Å². The first-order chi connectivity index (χ1) is 9.33. The summed E-state index contributed by atoms with van der Waals surface area (Å²) >= 11 is 2.35. The molecule has 0 aromatic heterocycles. The fraction of sp³-hybridized carbons (Fsp3) is 0.647. The van der Waals surface area contributed by atoms with E-state index in [4.69, 9.17) is 5.11 Å². The molecule has 0 heterocycles. The predicted molar refractivity (Wildman–Crippen MR) is 91.5 cm³/mol. The lowest BCUT2D eigenvalue weighted by atomic mass is 10.0. The Balaban J connectivity index is 1.87. The van der Waals surface area contributed by atoms with E-state index in [0.717, 1.165) is 6.42 Å². The highest BCUT2D eigenvalue weighted by Crippen LogP contribution is 2.13. The molecule has 1 aromatic rings. The number of unbranched alkanes of at least 4 members (excludes halogenated alkanes) is 8. The van der Waals surface area contributed by atoms with Gasteiger partial charge >= 0.3 is 0 Å². The Morgan fingerprint density at radius 2 is 1.16 bits per heavy atom. The number of hydrogen-bond donors (Lipinski definition) is 1. The molecule has 1 N–H and O–H groups in total. The molecule has 1 aromatic carbocycles. The molecule has 19 heavy (non-hydrogen) atoms. The van der Waals surface area contributed by atoms with Crippen molar-refractivity contribution in [2.75, 3.05) is 6.61 Å². The first kappa shape index (κ1) is 17.0. The second-order valence-corrected chi connectivity index (χ2v) is 6.53. The van der Waals surface area contributed by atoms with Crippen molar-refractivity contribution in [1.82, 2.24) is 0 Å². The van der Waals surface area contributed by atoms with Crippen molar-refractivity contribution in [3.8, 4) is 0 Å². The highest BCUT2D eigenvalue weighted by Gasteiger charge is 1.95. The van der Waals surface area contributed by atoms with Crippen LogP contribution >= 0.6 is 22.6 Å². The summed E-state index contributed by atoms with van der Waals surface area (Å²) in [5.41, 5.74) is 1.48. The van der Waals surface area contributed by atoms with E-state index < -0.39 is 0 Å². The molecule has 0 aliphatic rings. The van der Waals surface area contributed by atoms with Crippen molar-refractivity contribution in [1.29, 1.82) is 0 Å². The Kier molecular flexibility index (Phi) is 10.5. The molecule has 0 radical (unpaired) electrons. The zero-order chi connectivity index (χ0) is 13.8. The lowest BCUT2D eigenvalue weighted by Crippen LogP contribution is -1.87. The summed E-state index contributed by atoms with van der Waals surface area (Å²) < 4.78 is 1.32. The van der Waals surface area contributed by atoms with E-state index in [0.29, 0.717) is 6.61 Å². The summed E-state index contributed by atoms with van der Waals surface area (Å²) in [6, 6.07) is 8.90. The van der Waals surface area contributed by atoms with Crippen molar-refractivity contribution in [2.24, 2.45) is 0 Å². The maximum Gasteiger partial charge on any atom is 0.0431 e. The third-order valence-corrected chi connectivity index (χ3v) is 4.26. The van der Waals surface area contributed by atoms with Crippen LogP contribution in [0.1, 0.15) is 63.4 Å². The molecular weight excluding hydrogens is 347 g/mol. The molecule has 108 valence electrons. The van der Waals surface area contributed by atoms with Crippen molar-refractivity contribution < 1.29 is 5.11 Å². The van der Waals surface area contributed by atoms with Crippen LogP contribution in [0.2, 0.25) is 0 Å². The molecule has 0 saturated heterocycles. The summed E-state index contributed by atoms with van der Waals surface area (Å²) in [6.07, 6.45) is 12.9. The Hall–Kier alpha value is -0.0900. The molecule has 0 aliphatic carbocycles. The minimum absolute atomic E-state index is 0.360. The highest BCUT2D eigenvalue weighted by molar-refractivity contribution is 14.1. The summed E-state index contributed by atoms with van der Waals surface area (Å²) in [4.78, 5) is 0. The molecule has 2 heteroatoms. The van der Waals surface area contributed by atoms with Crippen LogP contribution in [0.25, 0.3) is 0 Å². The van der Waals surface area contributed by atoms with Crippen LogP contribution in [-0.4, -0.2) is 11.7 Å². The van der Waals surface area contributed by atoms with Gasteiger partial charge in [0.25, 0.3) is 0 Å². The van der Waals surface area contributed by atoms with Gasteiger partial charge in [-0.3, -0.25) is 0 Å². The van der Waals surface area contributed by atoms with Crippen LogP contribution in [0, 0.1) is 3.57 Å². The first-order valence-electron chi connectivity index (χ1n) is 7.68. The van der Waals surface area contributed by atoms with E-state index in [1.54, 1.807) is 0 Å². The topological polar surface area (TPSA) is 20.2 Å². The molecule has 0 bridgehead atoms. The second kappa shape index (κ2) is 11.7. The van der Waals surface area contributed by atoms with Gasteiger partial charge in [0.1, 0.15) is 0 Å². The van der Waals surface area contributed by atoms with Gasteiger partial charge in [-0.2, -0.15) is 0 Å². The number of rotatable bonds is 11. The van der Waals surface area contributed by atoms with Crippen molar-refractivity contribution in [3.05, 3.63) is 33.4 Å². The van der Waals surface area contributed by atoms with Gasteiger partial charge in [-0.1, -0.05) is 57.1 Å². The summed E-state index contributed by atoms with van der Waals surface area (Å²) in [6.45, 7) is 0.360. The monoisotopic (exact) mass is 374 g/mol. The average Bonchev–Trinajstić information content (AvgIpc) is 2.43. The highest BCUT2D eigenvalue weighted by atomic mass is 127. The number of aliphatic hydroxyl groups excluding tert-OH is 1. The average molecular weight is 374 g/mol. The van der Waals surface area contributed by atoms with Gasteiger partial charge in [-0.15, -0.1) is 0 Å². The normalized spacial score (nSPS) is 10.8. The molecule has 0 saturated carbocycles. The second-order valence-electron chi connectivity index (χ2n) is 5.28. The van der Waals surface area contributed by atoms with Crippen LogP contribution < -0.4 is 0 Å². The number of benzene rings is 1. The molecule has 1 nitrogen and oxygen atoms in total. The number of aliphatic hydroxyl groups is 1. The number of aryl methyl sites for hydroxylation is 1. The fourth-order valence-electron chi connectivity index (χ4n) is 2.33. The fourth-order valence-corrected chi connectivity index (χ4v) is 2.69. The van der Waals surface area contributed by atoms with Gasteiger partial charge < -0.3 is 5.11 Å². The minimum atomic E-state index is 0.360. The van der Waals surface area contributed by atoms with E-state index in [1.807, 2.05) is 0 Å². The molecular formula is C17H27IO. The summed E-state index contributed by atoms with van der Waals surface area (Å²) in [5.74, 6) is 0. The SMILES string of the molecule is OCCCCCCCCCCCc1ccc(I)cc1. The molecule has 0 unspecified atom stereocenters. The smallest absolute Gasteiger partial charge is 0.0431 e. The van der Waals surface area contributed by atoms with Crippen LogP contribution in [0.5, 0.6) is 0 Å². The summed E-state index contributed by atoms with van der Waals surface area (Å²) in [7, 11) is 0. The van der Waals surface area contributed by atoms with E-state index in [9.17, 15) is 0 Å². The zero-order valence-electron chi connectivity index (χ0n) is 11.9. The van der Waals surface area contributed by atoms with E-state index in [1.165, 1.54) is 66.9 Å². The lowest BCUT2D eigenvalue weighted by Gasteiger charge is -2.03. The van der Waals surface area contributed by atoms with Crippen LogP contribution in [-0.2, 0) is 6.42 Å². The van der Waals surface area contributed by atoms with E-state index >= 15 is 0 Å². The Morgan fingerprint density at radius 3 is 1.68 bits per heavy atom. The van der Waals surface area contributed by atoms with Crippen molar-refractivity contribution in [3.63, 3.8) is 0 Å². The molecule has 0 aliphatic heterocycles. The Morgan fingerprint density at radius 1 is 0.684 bits per heavy atom. The quantitative estimate of drug-likeness (QED) is 0.410. The molecule has 1 rings (SSSR count). The number of halogens is 1. The van der Waals surface area contributed by atoms with E-state index in [-0.39, 0.29) is 0 Å². The molecule has 0 spiro atoms. The van der Waals surface area contributed by atoms with Gasteiger partial charge in [0.05, 0.1) is 0 Å². The van der Waals surface area contributed by atoms with Gasteiger partial charge in [0.15, 0.2) is 0 Å². The van der Waals surface area contributed by atoms with Crippen molar-refractivity contribution >= 4 is 22.6 Å². The largest absolute Gasteiger partial charge is 0.396 e. The van der Waals surface area contributed by atoms with E-state index in [2.05, 4.69) is 46.9 Å². The summed E-state index contributed by atoms with van der Waals surface area (Å²) in [5, 5.41) is 8.67. The van der Waals surface area contributed by atoms with Gasteiger partial charge in [0.2, 0.25) is 0 Å². The lowest BCUT2D eigenvalue weighted by molar-refractivity contribution is 0.282. The zero-order valence-corrected chi connectivity index (χ0v) is 14.1. The van der Waals surface area contributed by atoms with Crippen molar-refractivity contribution in [2.45, 2.75) is 64.2 Å². The minimum Gasteiger partial charge on any atom is -0.396 e. The Labute approximate surface area is 132 Å². The van der Waals surface area contributed by atoms with Crippen LogP contribution in [0.4, 0.5) is 0 Å². The number of hydrogen-bond acceptors (Lipinski definition) is 1.